The van der Waals surface area contributed by atoms with Crippen LogP contribution >= 0.6 is 11.3 Å². The Morgan fingerprint density at radius 1 is 1.24 bits per heavy atom. The van der Waals surface area contributed by atoms with Crippen LogP contribution in [0.25, 0.3) is 21.3 Å². The lowest BCUT2D eigenvalue weighted by Gasteiger charge is -2.30. The van der Waals surface area contributed by atoms with E-state index in [9.17, 15) is 0 Å². The zero-order chi connectivity index (χ0) is 20.0. The molecule has 1 aliphatic carbocycles. The van der Waals surface area contributed by atoms with Crippen molar-refractivity contribution in [1.82, 2.24) is 30.4 Å². The number of thiophene rings is 1. The summed E-state index contributed by atoms with van der Waals surface area (Å²) in [7, 11) is 0. The van der Waals surface area contributed by atoms with Gasteiger partial charge in [-0.15, -0.1) is 11.3 Å². The number of aromatic nitrogens is 4. The van der Waals surface area contributed by atoms with Gasteiger partial charge in [-0.2, -0.15) is 5.10 Å². The summed E-state index contributed by atoms with van der Waals surface area (Å²) in [5, 5.41) is 16.9. The van der Waals surface area contributed by atoms with Crippen molar-refractivity contribution in [1.29, 1.82) is 0 Å². The van der Waals surface area contributed by atoms with E-state index in [1.807, 2.05) is 0 Å². The SMILES string of the molecule is Cc1n[nH]c(C)c1-c1csc2c(N[C@@H](C)CN3CCNCC3)nc(C3CC3)nc12. The van der Waals surface area contributed by atoms with Crippen LogP contribution in [0.2, 0.25) is 0 Å². The van der Waals surface area contributed by atoms with Gasteiger partial charge < -0.3 is 10.6 Å². The maximum absolute atomic E-state index is 5.02. The van der Waals surface area contributed by atoms with E-state index in [1.165, 1.54) is 24.0 Å². The summed E-state index contributed by atoms with van der Waals surface area (Å²) >= 11 is 1.73. The van der Waals surface area contributed by atoms with Crippen LogP contribution in [0, 0.1) is 13.8 Å². The van der Waals surface area contributed by atoms with Crippen molar-refractivity contribution >= 4 is 27.4 Å². The van der Waals surface area contributed by atoms with Gasteiger partial charge in [0.2, 0.25) is 0 Å². The van der Waals surface area contributed by atoms with Gasteiger partial charge >= 0.3 is 0 Å². The number of rotatable bonds is 6. The lowest BCUT2D eigenvalue weighted by molar-refractivity contribution is 0.235. The number of fused-ring (bicyclic) bond motifs is 1. The van der Waals surface area contributed by atoms with E-state index in [0.717, 1.165) is 66.0 Å². The van der Waals surface area contributed by atoms with Crippen molar-refractivity contribution in [3.8, 4) is 11.1 Å². The van der Waals surface area contributed by atoms with Gasteiger partial charge in [0, 0.05) is 66.9 Å². The number of nitrogens with one attached hydrogen (secondary N) is 3. The zero-order valence-electron chi connectivity index (χ0n) is 17.4. The molecule has 8 heteroatoms. The lowest BCUT2D eigenvalue weighted by atomic mass is 10.1. The molecular weight excluding hydrogens is 382 g/mol. The minimum Gasteiger partial charge on any atom is -0.365 e. The molecule has 7 nitrogen and oxygen atoms in total. The van der Waals surface area contributed by atoms with Crippen LogP contribution in [0.15, 0.2) is 5.38 Å². The number of hydrogen-bond acceptors (Lipinski definition) is 7. The smallest absolute Gasteiger partial charge is 0.148 e. The highest BCUT2D eigenvalue weighted by molar-refractivity contribution is 7.18. The molecule has 3 N–H and O–H groups in total. The molecule has 0 unspecified atom stereocenters. The van der Waals surface area contributed by atoms with Crippen molar-refractivity contribution < 1.29 is 0 Å². The fourth-order valence-electron chi connectivity index (χ4n) is 4.24. The predicted octanol–water partition coefficient (Wildman–Crippen LogP) is 3.28. The zero-order valence-corrected chi connectivity index (χ0v) is 18.2. The van der Waals surface area contributed by atoms with Crippen LogP contribution < -0.4 is 10.6 Å². The molecule has 0 bridgehead atoms. The third-order valence-corrected chi connectivity index (χ3v) is 6.87. The summed E-state index contributed by atoms with van der Waals surface area (Å²) in [6.45, 7) is 11.8. The molecule has 0 aromatic carbocycles. The van der Waals surface area contributed by atoms with Crippen molar-refractivity contribution in [3.63, 3.8) is 0 Å². The molecule has 3 aromatic rings. The minimum atomic E-state index is 0.334. The summed E-state index contributed by atoms with van der Waals surface area (Å²) in [6.07, 6.45) is 2.40. The molecule has 1 saturated heterocycles. The number of anilines is 1. The standard InChI is InChI=1S/C21H29N7S/c1-12(10-28-8-6-22-7-9-28)23-21-19-18(24-20(25-21)15-4-5-15)16(11-29-19)17-13(2)26-27-14(17)3/h11-12,15,22H,4-10H2,1-3H3,(H,26,27)(H,23,24,25)/t12-/m0/s1. The van der Waals surface area contributed by atoms with E-state index in [2.05, 4.69) is 51.9 Å². The average molecular weight is 412 g/mol. The molecule has 0 amide bonds. The molecule has 1 aliphatic heterocycles. The van der Waals surface area contributed by atoms with Gasteiger partial charge in [-0.25, -0.2) is 9.97 Å². The highest BCUT2D eigenvalue weighted by Gasteiger charge is 2.29. The summed E-state index contributed by atoms with van der Waals surface area (Å²) in [5.74, 6) is 2.50. The Morgan fingerprint density at radius 3 is 2.72 bits per heavy atom. The third-order valence-electron chi connectivity index (χ3n) is 5.90. The van der Waals surface area contributed by atoms with E-state index >= 15 is 0 Å². The van der Waals surface area contributed by atoms with Gasteiger partial charge in [0.15, 0.2) is 0 Å². The summed E-state index contributed by atoms with van der Waals surface area (Å²) in [5.41, 5.74) is 5.54. The van der Waals surface area contributed by atoms with E-state index in [0.29, 0.717) is 12.0 Å². The van der Waals surface area contributed by atoms with Gasteiger partial charge in [-0.3, -0.25) is 10.00 Å². The second-order valence-electron chi connectivity index (χ2n) is 8.44. The third kappa shape index (κ3) is 3.76. The highest BCUT2D eigenvalue weighted by atomic mass is 32.1. The molecule has 0 spiro atoms. The van der Waals surface area contributed by atoms with Crippen molar-refractivity contribution in [2.45, 2.75) is 45.6 Å². The van der Waals surface area contributed by atoms with Gasteiger partial charge in [-0.05, 0) is 33.6 Å². The molecule has 0 radical (unpaired) electrons. The number of aryl methyl sites for hydroxylation is 2. The van der Waals surface area contributed by atoms with Crippen LogP contribution in [0.4, 0.5) is 5.82 Å². The number of hydrogen-bond donors (Lipinski definition) is 3. The first-order valence-electron chi connectivity index (χ1n) is 10.6. The average Bonchev–Trinajstić information content (AvgIpc) is 3.40. The largest absolute Gasteiger partial charge is 0.365 e. The first-order valence-corrected chi connectivity index (χ1v) is 11.5. The molecule has 29 heavy (non-hydrogen) atoms. The normalized spacial score (nSPS) is 19.0. The van der Waals surface area contributed by atoms with Gasteiger partial charge in [0.05, 0.1) is 15.9 Å². The molecule has 2 aliphatic rings. The van der Waals surface area contributed by atoms with Gasteiger partial charge in [0.1, 0.15) is 11.6 Å². The summed E-state index contributed by atoms with van der Waals surface area (Å²) < 4.78 is 1.15. The lowest BCUT2D eigenvalue weighted by Crippen LogP contribution is -2.47. The Morgan fingerprint density at radius 2 is 2.03 bits per heavy atom. The van der Waals surface area contributed by atoms with E-state index in [4.69, 9.17) is 9.97 Å². The molecule has 1 saturated carbocycles. The molecule has 1 atom stereocenters. The minimum absolute atomic E-state index is 0.334. The van der Waals surface area contributed by atoms with Crippen LogP contribution in [-0.2, 0) is 0 Å². The fraction of sp³-hybridized carbons (Fsp3) is 0.571. The van der Waals surface area contributed by atoms with Crippen molar-refractivity contribution in [2.24, 2.45) is 0 Å². The molecule has 4 heterocycles. The number of piperazine rings is 1. The Labute approximate surface area is 175 Å². The summed E-state index contributed by atoms with van der Waals surface area (Å²) in [4.78, 5) is 12.5. The molecule has 5 rings (SSSR count). The fourth-order valence-corrected chi connectivity index (χ4v) is 5.19. The second kappa shape index (κ2) is 7.66. The summed E-state index contributed by atoms with van der Waals surface area (Å²) in [6, 6.07) is 0.334. The molecule has 154 valence electrons. The van der Waals surface area contributed by atoms with Gasteiger partial charge in [-0.1, -0.05) is 0 Å². The monoisotopic (exact) mass is 411 g/mol. The van der Waals surface area contributed by atoms with Gasteiger partial charge in [0.25, 0.3) is 0 Å². The Hall–Kier alpha value is -2.03. The number of H-pyrrole nitrogens is 1. The maximum atomic E-state index is 5.02. The van der Waals surface area contributed by atoms with Crippen molar-refractivity contribution in [2.75, 3.05) is 38.0 Å². The molecule has 3 aromatic heterocycles. The topological polar surface area (TPSA) is 81.8 Å². The Bertz CT molecular complexity index is 994. The number of aromatic amines is 1. The predicted molar refractivity (Wildman–Crippen MR) is 119 cm³/mol. The highest BCUT2D eigenvalue weighted by Crippen LogP contribution is 2.43. The van der Waals surface area contributed by atoms with E-state index in [-0.39, 0.29) is 0 Å². The van der Waals surface area contributed by atoms with Crippen LogP contribution in [0.1, 0.15) is 42.9 Å². The Balaban J connectivity index is 1.49. The first kappa shape index (κ1) is 19.0. The van der Waals surface area contributed by atoms with E-state index in [1.54, 1.807) is 11.3 Å². The van der Waals surface area contributed by atoms with E-state index < -0.39 is 0 Å². The van der Waals surface area contributed by atoms with Crippen LogP contribution in [0.5, 0.6) is 0 Å². The first-order chi connectivity index (χ1) is 14.1. The van der Waals surface area contributed by atoms with Crippen LogP contribution in [0.3, 0.4) is 0 Å². The molecular formula is C21H29N7S. The van der Waals surface area contributed by atoms with Crippen molar-refractivity contribution in [3.05, 3.63) is 22.6 Å². The second-order valence-corrected chi connectivity index (χ2v) is 9.32. The number of nitrogens with zero attached hydrogens (tertiary/aromatic N) is 4. The quantitative estimate of drug-likeness (QED) is 0.577. The Kier molecular flexibility index (Phi) is 5.01. The molecule has 2 fully saturated rings. The maximum Gasteiger partial charge on any atom is 0.148 e. The van der Waals surface area contributed by atoms with Crippen LogP contribution in [-0.4, -0.2) is 63.8 Å².